The Morgan fingerprint density at radius 2 is 1.82 bits per heavy atom. The molecule has 0 radical (unpaired) electrons. The van der Waals surface area contributed by atoms with Gasteiger partial charge in [0, 0.05) is 18.0 Å². The minimum absolute atomic E-state index is 0.116. The van der Waals surface area contributed by atoms with Crippen LogP contribution in [-0.2, 0) is 20.9 Å². The van der Waals surface area contributed by atoms with Gasteiger partial charge in [-0.3, -0.25) is 4.57 Å². The first-order chi connectivity index (χ1) is 16.1. The maximum Gasteiger partial charge on any atom is 0.285 e. The molecule has 2 N–H and O–H groups in total. The molecule has 10 heteroatoms. The SMILES string of the molecule is CC(C)(C)Cn1c(NOS(C)(=O)=O)nc2ccc(-c3[nH]c(C4CC4)nc3-c3ccccc3)nc21. The minimum atomic E-state index is -3.71. The predicted molar refractivity (Wildman–Crippen MR) is 132 cm³/mol. The average Bonchev–Trinajstić information content (AvgIpc) is 3.44. The Bertz CT molecular complexity index is 1450. The minimum Gasteiger partial charge on any atom is -0.340 e. The highest BCUT2D eigenvalue weighted by atomic mass is 32.2. The van der Waals surface area contributed by atoms with E-state index < -0.39 is 10.1 Å². The van der Waals surface area contributed by atoms with Crippen molar-refractivity contribution in [3.05, 3.63) is 48.3 Å². The van der Waals surface area contributed by atoms with Gasteiger partial charge >= 0.3 is 0 Å². The molecular formula is C24H28N6O3S. The number of anilines is 1. The normalized spacial score (nSPS) is 14.6. The largest absolute Gasteiger partial charge is 0.340 e. The Morgan fingerprint density at radius 1 is 1.09 bits per heavy atom. The highest BCUT2D eigenvalue weighted by molar-refractivity contribution is 7.86. The topological polar surface area (TPSA) is 115 Å². The summed E-state index contributed by atoms with van der Waals surface area (Å²) in [6.07, 6.45) is 3.26. The van der Waals surface area contributed by atoms with Crippen molar-refractivity contribution in [3.63, 3.8) is 0 Å². The number of hydrogen-bond acceptors (Lipinski definition) is 7. The molecule has 1 aliphatic rings. The number of hydrogen-bond donors (Lipinski definition) is 2. The van der Waals surface area contributed by atoms with Gasteiger partial charge < -0.3 is 4.98 Å². The highest BCUT2D eigenvalue weighted by Crippen LogP contribution is 2.41. The van der Waals surface area contributed by atoms with Crippen LogP contribution in [0.5, 0.6) is 0 Å². The van der Waals surface area contributed by atoms with Crippen molar-refractivity contribution in [1.29, 1.82) is 0 Å². The Hall–Kier alpha value is -3.24. The lowest BCUT2D eigenvalue weighted by molar-refractivity contribution is 0.339. The van der Waals surface area contributed by atoms with Crippen LogP contribution in [-0.4, -0.2) is 39.2 Å². The second-order valence-corrected chi connectivity index (χ2v) is 11.6. The smallest absolute Gasteiger partial charge is 0.285 e. The number of imidazole rings is 2. The van der Waals surface area contributed by atoms with Crippen molar-refractivity contribution in [2.75, 3.05) is 11.7 Å². The molecule has 0 spiro atoms. The average molecular weight is 481 g/mol. The van der Waals surface area contributed by atoms with Gasteiger partial charge in [0.1, 0.15) is 11.3 Å². The molecule has 4 aromatic rings. The second kappa shape index (κ2) is 8.21. The first kappa shape index (κ1) is 22.5. The number of fused-ring (bicyclic) bond motifs is 1. The van der Waals surface area contributed by atoms with E-state index in [4.69, 9.17) is 14.3 Å². The summed E-state index contributed by atoms with van der Waals surface area (Å²) < 4.78 is 29.8. The fraction of sp³-hybridized carbons (Fsp3) is 0.375. The molecule has 9 nitrogen and oxygen atoms in total. The van der Waals surface area contributed by atoms with Crippen LogP contribution in [0.4, 0.5) is 5.95 Å². The van der Waals surface area contributed by atoms with E-state index in [2.05, 4.69) is 36.2 Å². The molecule has 178 valence electrons. The molecule has 0 atom stereocenters. The van der Waals surface area contributed by atoms with Crippen LogP contribution in [0.3, 0.4) is 0 Å². The van der Waals surface area contributed by atoms with E-state index in [9.17, 15) is 8.42 Å². The molecule has 0 aliphatic heterocycles. The van der Waals surface area contributed by atoms with E-state index in [1.54, 1.807) is 0 Å². The third-order valence-electron chi connectivity index (χ3n) is 5.50. The molecule has 3 aromatic heterocycles. The molecule has 0 unspecified atom stereocenters. The summed E-state index contributed by atoms with van der Waals surface area (Å²) in [6, 6.07) is 13.9. The molecule has 3 heterocycles. The number of nitrogens with zero attached hydrogens (tertiary/aromatic N) is 4. The van der Waals surface area contributed by atoms with E-state index in [1.807, 2.05) is 47.0 Å². The zero-order valence-electron chi connectivity index (χ0n) is 19.7. The Labute approximate surface area is 198 Å². The quantitative estimate of drug-likeness (QED) is 0.368. The van der Waals surface area contributed by atoms with E-state index in [0.29, 0.717) is 23.6 Å². The van der Waals surface area contributed by atoms with Gasteiger partial charge in [0.25, 0.3) is 10.1 Å². The van der Waals surface area contributed by atoms with Crippen LogP contribution in [0.25, 0.3) is 33.8 Å². The third-order valence-corrected chi connectivity index (χ3v) is 5.88. The fourth-order valence-electron chi connectivity index (χ4n) is 3.89. The summed E-state index contributed by atoms with van der Waals surface area (Å²) in [7, 11) is -3.71. The van der Waals surface area contributed by atoms with Crippen molar-refractivity contribution in [3.8, 4) is 22.6 Å². The van der Waals surface area contributed by atoms with Crippen LogP contribution >= 0.6 is 0 Å². The Morgan fingerprint density at radius 3 is 2.47 bits per heavy atom. The number of pyridine rings is 1. The number of aromatic amines is 1. The zero-order valence-corrected chi connectivity index (χ0v) is 20.5. The zero-order chi connectivity index (χ0) is 24.1. The Balaban J connectivity index is 1.64. The van der Waals surface area contributed by atoms with Crippen molar-refractivity contribution in [2.24, 2.45) is 5.41 Å². The first-order valence-electron chi connectivity index (χ1n) is 11.2. The predicted octanol–water partition coefficient (Wildman–Crippen LogP) is 4.72. The monoisotopic (exact) mass is 480 g/mol. The molecule has 1 aliphatic carbocycles. The number of H-pyrrole nitrogens is 1. The summed E-state index contributed by atoms with van der Waals surface area (Å²) in [5, 5.41) is 0. The highest BCUT2D eigenvalue weighted by Gasteiger charge is 2.29. The molecule has 0 saturated heterocycles. The molecule has 0 amide bonds. The lowest BCUT2D eigenvalue weighted by Crippen LogP contribution is -2.19. The summed E-state index contributed by atoms with van der Waals surface area (Å²) >= 11 is 0. The van der Waals surface area contributed by atoms with Gasteiger partial charge in [0.15, 0.2) is 5.65 Å². The van der Waals surface area contributed by atoms with Crippen LogP contribution in [0.1, 0.15) is 45.4 Å². The second-order valence-electron chi connectivity index (χ2n) is 10.00. The number of rotatable bonds is 7. The van der Waals surface area contributed by atoms with Gasteiger partial charge in [0.05, 0.1) is 23.3 Å². The molecule has 0 bridgehead atoms. The van der Waals surface area contributed by atoms with Crippen LogP contribution in [0, 0.1) is 5.41 Å². The standard InChI is InChI=1S/C24H28N6O3S/c1-24(2,3)14-30-22-18(26-23(30)29-33-34(4,31)32)13-12-17(25-22)20-19(15-8-6-5-7-9-15)27-21(28-20)16-10-11-16/h5-9,12-13,16H,10-11,14H2,1-4H3,(H,26,29)(H,27,28). The summed E-state index contributed by atoms with van der Waals surface area (Å²) in [6.45, 7) is 6.83. The lowest BCUT2D eigenvalue weighted by Gasteiger charge is -2.20. The molecular weight excluding hydrogens is 452 g/mol. The van der Waals surface area contributed by atoms with E-state index in [-0.39, 0.29) is 11.4 Å². The first-order valence-corrected chi connectivity index (χ1v) is 13.1. The van der Waals surface area contributed by atoms with E-state index >= 15 is 0 Å². The van der Waals surface area contributed by atoms with Crippen LogP contribution in [0.2, 0.25) is 0 Å². The summed E-state index contributed by atoms with van der Waals surface area (Å²) in [4.78, 5) is 17.9. The third kappa shape index (κ3) is 4.83. The maximum atomic E-state index is 11.5. The summed E-state index contributed by atoms with van der Waals surface area (Å²) in [5.74, 6) is 1.74. The number of nitrogens with one attached hydrogen (secondary N) is 2. The lowest BCUT2D eigenvalue weighted by atomic mass is 9.97. The Kier molecular flexibility index (Phi) is 5.44. The van der Waals surface area contributed by atoms with Gasteiger partial charge in [-0.1, -0.05) is 51.1 Å². The van der Waals surface area contributed by atoms with Crippen LogP contribution < -0.4 is 5.48 Å². The van der Waals surface area contributed by atoms with Gasteiger partial charge in [-0.2, -0.15) is 8.42 Å². The fourth-order valence-corrected chi connectivity index (χ4v) is 4.11. The van der Waals surface area contributed by atoms with E-state index in [0.717, 1.165) is 47.6 Å². The molecule has 1 saturated carbocycles. The van der Waals surface area contributed by atoms with Gasteiger partial charge in [-0.15, -0.1) is 4.28 Å². The molecule has 34 heavy (non-hydrogen) atoms. The van der Waals surface area contributed by atoms with Crippen molar-refractivity contribution < 1.29 is 12.7 Å². The van der Waals surface area contributed by atoms with Gasteiger partial charge in [-0.05, 0) is 30.4 Å². The van der Waals surface area contributed by atoms with Crippen molar-refractivity contribution in [1.82, 2.24) is 24.5 Å². The molecule has 1 fully saturated rings. The van der Waals surface area contributed by atoms with E-state index in [1.165, 1.54) is 0 Å². The van der Waals surface area contributed by atoms with Crippen molar-refractivity contribution in [2.45, 2.75) is 46.1 Å². The maximum absolute atomic E-state index is 11.5. The number of benzene rings is 1. The molecule has 5 rings (SSSR count). The van der Waals surface area contributed by atoms with Crippen molar-refractivity contribution >= 4 is 27.2 Å². The number of aromatic nitrogens is 5. The molecule has 1 aromatic carbocycles. The van der Waals surface area contributed by atoms with Crippen LogP contribution in [0.15, 0.2) is 42.5 Å². The summed E-state index contributed by atoms with van der Waals surface area (Å²) in [5.41, 5.74) is 7.15. The van der Waals surface area contributed by atoms with Gasteiger partial charge in [-0.25, -0.2) is 20.4 Å². The van der Waals surface area contributed by atoms with Gasteiger partial charge in [0.2, 0.25) is 5.95 Å².